The summed E-state index contributed by atoms with van der Waals surface area (Å²) in [5, 5.41) is 0. The smallest absolute Gasteiger partial charge is 0.258 e. The highest BCUT2D eigenvalue weighted by Crippen LogP contribution is 2.17. The number of ether oxygens (including phenoxy) is 2. The van der Waals surface area contributed by atoms with Crippen molar-refractivity contribution in [3.63, 3.8) is 0 Å². The zero-order valence-corrected chi connectivity index (χ0v) is 9.76. The van der Waals surface area contributed by atoms with Gasteiger partial charge in [-0.25, -0.2) is 0 Å². The van der Waals surface area contributed by atoms with Crippen LogP contribution in [0.4, 0.5) is 11.4 Å². The summed E-state index contributed by atoms with van der Waals surface area (Å²) >= 11 is 0. The minimum absolute atomic E-state index is 0.102. The number of likely N-dealkylation sites (N-methyl/N-ethyl adjacent to an activating group) is 1. The molecule has 0 bridgehead atoms. The molecule has 17 heavy (non-hydrogen) atoms. The maximum absolute atomic E-state index is 12.1. The van der Waals surface area contributed by atoms with E-state index < -0.39 is 6.10 Å². The Balaban J connectivity index is 2.05. The van der Waals surface area contributed by atoms with E-state index in [2.05, 4.69) is 0 Å². The quantitative estimate of drug-likeness (QED) is 0.766. The van der Waals surface area contributed by atoms with Crippen LogP contribution in [0.25, 0.3) is 0 Å². The highest BCUT2D eigenvalue weighted by Gasteiger charge is 2.26. The summed E-state index contributed by atoms with van der Waals surface area (Å²) in [5.74, 6) is -0.102. The third-order valence-electron chi connectivity index (χ3n) is 2.70. The summed E-state index contributed by atoms with van der Waals surface area (Å²) in [6.45, 7) is 1.33. The van der Waals surface area contributed by atoms with Gasteiger partial charge in [0.1, 0.15) is 0 Å². The van der Waals surface area contributed by atoms with Gasteiger partial charge >= 0.3 is 0 Å². The van der Waals surface area contributed by atoms with Gasteiger partial charge in [0.15, 0.2) is 6.10 Å². The molecule has 1 atom stereocenters. The fraction of sp³-hybridized carbons (Fsp3) is 0.417. The van der Waals surface area contributed by atoms with Crippen LogP contribution in [0.1, 0.15) is 0 Å². The van der Waals surface area contributed by atoms with E-state index in [1.54, 1.807) is 36.2 Å². The van der Waals surface area contributed by atoms with Crippen LogP contribution in [-0.2, 0) is 14.3 Å². The van der Waals surface area contributed by atoms with Crippen LogP contribution in [0.2, 0.25) is 0 Å². The first-order valence-corrected chi connectivity index (χ1v) is 5.51. The first-order valence-electron chi connectivity index (χ1n) is 5.51. The minimum atomic E-state index is -0.508. The molecule has 2 N–H and O–H groups in total. The highest BCUT2D eigenvalue weighted by molar-refractivity contribution is 5.96. The molecule has 1 heterocycles. The molecule has 1 aromatic carbocycles. The normalized spacial score (nSPS) is 19.9. The van der Waals surface area contributed by atoms with Gasteiger partial charge in [0.05, 0.1) is 19.8 Å². The topological polar surface area (TPSA) is 64.8 Å². The summed E-state index contributed by atoms with van der Waals surface area (Å²) < 4.78 is 10.6. The number of nitrogen functional groups attached to an aromatic ring is 1. The third-order valence-corrected chi connectivity index (χ3v) is 2.70. The molecule has 0 aliphatic carbocycles. The predicted octanol–water partition coefficient (Wildman–Crippen LogP) is 0.647. The Labute approximate surface area is 100 Å². The summed E-state index contributed by atoms with van der Waals surface area (Å²) in [6.07, 6.45) is -0.508. The van der Waals surface area contributed by atoms with E-state index in [1.807, 2.05) is 0 Å². The number of rotatable bonds is 2. The Hall–Kier alpha value is -1.59. The fourth-order valence-corrected chi connectivity index (χ4v) is 1.67. The number of carbonyl (C=O) groups excluding carboxylic acids is 1. The molecule has 0 saturated carbocycles. The third kappa shape index (κ3) is 2.75. The standard InChI is InChI=1S/C12H16N2O3/c1-14(10-4-2-9(13)3-5-10)12(15)11-8-16-6-7-17-11/h2-5,11H,6-8,13H2,1H3. The van der Waals surface area contributed by atoms with Gasteiger partial charge in [0.2, 0.25) is 0 Å². The Morgan fingerprint density at radius 1 is 1.35 bits per heavy atom. The molecule has 1 aliphatic rings. The second kappa shape index (κ2) is 5.16. The highest BCUT2D eigenvalue weighted by atomic mass is 16.6. The molecule has 5 nitrogen and oxygen atoms in total. The summed E-state index contributed by atoms with van der Waals surface area (Å²) in [7, 11) is 1.71. The van der Waals surface area contributed by atoms with Gasteiger partial charge < -0.3 is 20.1 Å². The van der Waals surface area contributed by atoms with Crippen LogP contribution in [0.5, 0.6) is 0 Å². The van der Waals surface area contributed by atoms with Gasteiger partial charge in [-0.1, -0.05) is 0 Å². The lowest BCUT2D eigenvalue weighted by molar-refractivity contribution is -0.144. The Morgan fingerprint density at radius 3 is 2.65 bits per heavy atom. The van der Waals surface area contributed by atoms with Crippen LogP contribution in [-0.4, -0.2) is 38.9 Å². The van der Waals surface area contributed by atoms with E-state index in [0.29, 0.717) is 25.5 Å². The largest absolute Gasteiger partial charge is 0.399 e. The number of nitrogens with two attached hydrogens (primary N) is 1. The molecule has 0 radical (unpaired) electrons. The zero-order chi connectivity index (χ0) is 12.3. The van der Waals surface area contributed by atoms with E-state index in [4.69, 9.17) is 15.2 Å². The number of anilines is 2. The Morgan fingerprint density at radius 2 is 2.06 bits per heavy atom. The lowest BCUT2D eigenvalue weighted by Crippen LogP contribution is -2.43. The van der Waals surface area contributed by atoms with E-state index in [0.717, 1.165) is 5.69 Å². The number of nitrogens with zero attached hydrogens (tertiary/aromatic N) is 1. The van der Waals surface area contributed by atoms with Crippen molar-refractivity contribution < 1.29 is 14.3 Å². The molecule has 1 fully saturated rings. The Bertz CT molecular complexity index is 385. The van der Waals surface area contributed by atoms with Gasteiger partial charge in [-0.05, 0) is 24.3 Å². The van der Waals surface area contributed by atoms with Gasteiger partial charge in [-0.2, -0.15) is 0 Å². The van der Waals surface area contributed by atoms with E-state index in [1.165, 1.54) is 0 Å². The summed E-state index contributed by atoms with van der Waals surface area (Å²) in [4.78, 5) is 13.6. The predicted molar refractivity (Wildman–Crippen MR) is 64.8 cm³/mol. The van der Waals surface area contributed by atoms with E-state index in [-0.39, 0.29) is 5.91 Å². The Kier molecular flexibility index (Phi) is 3.61. The molecule has 92 valence electrons. The molecule has 1 saturated heterocycles. The van der Waals surface area contributed by atoms with Gasteiger partial charge in [0.25, 0.3) is 5.91 Å². The van der Waals surface area contributed by atoms with Crippen LogP contribution in [0.3, 0.4) is 0 Å². The second-order valence-corrected chi connectivity index (χ2v) is 3.92. The van der Waals surface area contributed by atoms with Gasteiger partial charge in [-0.15, -0.1) is 0 Å². The average molecular weight is 236 g/mol. The molecule has 1 amide bonds. The van der Waals surface area contributed by atoms with Crippen molar-refractivity contribution in [3.05, 3.63) is 24.3 Å². The van der Waals surface area contributed by atoms with E-state index in [9.17, 15) is 4.79 Å². The molecular formula is C12H16N2O3. The average Bonchev–Trinajstić information content (AvgIpc) is 2.39. The van der Waals surface area contributed by atoms with Crippen LogP contribution < -0.4 is 10.6 Å². The summed E-state index contributed by atoms with van der Waals surface area (Å²) in [5.41, 5.74) is 7.06. The lowest BCUT2D eigenvalue weighted by Gasteiger charge is -2.26. The summed E-state index contributed by atoms with van der Waals surface area (Å²) in [6, 6.07) is 7.13. The second-order valence-electron chi connectivity index (χ2n) is 3.92. The zero-order valence-electron chi connectivity index (χ0n) is 9.76. The number of amides is 1. The first kappa shape index (κ1) is 11.9. The lowest BCUT2D eigenvalue weighted by atomic mass is 10.2. The van der Waals surface area contributed by atoms with Crippen molar-refractivity contribution in [1.82, 2.24) is 0 Å². The van der Waals surface area contributed by atoms with Crippen molar-refractivity contribution in [2.75, 3.05) is 37.5 Å². The molecule has 1 unspecified atom stereocenters. The van der Waals surface area contributed by atoms with Crippen molar-refractivity contribution in [3.8, 4) is 0 Å². The number of hydrogen-bond acceptors (Lipinski definition) is 4. The van der Waals surface area contributed by atoms with Crippen LogP contribution in [0, 0.1) is 0 Å². The van der Waals surface area contributed by atoms with Crippen LogP contribution in [0.15, 0.2) is 24.3 Å². The van der Waals surface area contributed by atoms with Crippen molar-refractivity contribution in [2.45, 2.75) is 6.10 Å². The van der Waals surface area contributed by atoms with Gasteiger partial charge in [-0.3, -0.25) is 4.79 Å². The van der Waals surface area contributed by atoms with E-state index >= 15 is 0 Å². The van der Waals surface area contributed by atoms with Crippen LogP contribution >= 0.6 is 0 Å². The maximum Gasteiger partial charge on any atom is 0.258 e. The molecule has 1 aromatic rings. The molecule has 1 aliphatic heterocycles. The SMILES string of the molecule is CN(C(=O)C1COCCO1)c1ccc(N)cc1. The molecule has 0 spiro atoms. The van der Waals surface area contributed by atoms with Crippen molar-refractivity contribution >= 4 is 17.3 Å². The number of benzene rings is 1. The first-order chi connectivity index (χ1) is 8.18. The fourth-order valence-electron chi connectivity index (χ4n) is 1.67. The molecule has 2 rings (SSSR count). The monoisotopic (exact) mass is 236 g/mol. The molecule has 5 heteroatoms. The molecular weight excluding hydrogens is 220 g/mol. The number of hydrogen-bond donors (Lipinski definition) is 1. The van der Waals surface area contributed by atoms with Crippen molar-refractivity contribution in [1.29, 1.82) is 0 Å². The van der Waals surface area contributed by atoms with Gasteiger partial charge in [0, 0.05) is 18.4 Å². The molecule has 0 aromatic heterocycles. The minimum Gasteiger partial charge on any atom is -0.399 e. The van der Waals surface area contributed by atoms with Crippen molar-refractivity contribution in [2.24, 2.45) is 0 Å². The number of carbonyl (C=O) groups is 1. The maximum atomic E-state index is 12.1.